The van der Waals surface area contributed by atoms with E-state index in [1.54, 1.807) is 12.3 Å². The molecule has 5 heteroatoms. The van der Waals surface area contributed by atoms with Crippen molar-refractivity contribution in [3.63, 3.8) is 0 Å². The number of benzene rings is 2. The molecular weight excluding hydrogens is 374 g/mol. The molecule has 154 valence electrons. The Morgan fingerprint density at radius 3 is 2.83 bits per heavy atom. The summed E-state index contributed by atoms with van der Waals surface area (Å²) in [6.07, 6.45) is 5.39. The summed E-state index contributed by atoms with van der Waals surface area (Å²) in [7, 11) is 0. The molecule has 1 aliphatic carbocycles. The second-order valence-corrected chi connectivity index (χ2v) is 8.14. The fraction of sp³-hybridized carbons (Fsp3) is 0.280. The molecule has 1 aliphatic rings. The number of fused-ring (bicyclic) bond motifs is 1. The average molecular weight is 402 g/mol. The first kappa shape index (κ1) is 20.1. The lowest BCUT2D eigenvalue weighted by Gasteiger charge is -2.21. The number of aryl methyl sites for hydroxylation is 1. The van der Waals surface area contributed by atoms with Crippen molar-refractivity contribution >= 4 is 22.9 Å². The van der Waals surface area contributed by atoms with Gasteiger partial charge in [0.25, 0.3) is 5.91 Å². The molecule has 1 unspecified atom stereocenters. The van der Waals surface area contributed by atoms with Crippen molar-refractivity contribution in [2.24, 2.45) is 5.73 Å². The summed E-state index contributed by atoms with van der Waals surface area (Å²) in [4.78, 5) is 17.8. The molecule has 0 spiro atoms. The predicted molar refractivity (Wildman–Crippen MR) is 121 cm³/mol. The smallest absolute Gasteiger partial charge is 0.252 e. The summed E-state index contributed by atoms with van der Waals surface area (Å²) in [5.41, 5.74) is 9.92. The summed E-state index contributed by atoms with van der Waals surface area (Å²) in [5, 5.41) is 4.36. The number of rotatable bonds is 7. The molecule has 3 N–H and O–H groups in total. The molecule has 5 nitrogen and oxygen atoms in total. The molecule has 2 aromatic carbocycles. The lowest BCUT2D eigenvalue weighted by molar-refractivity contribution is 0.0930. The van der Waals surface area contributed by atoms with E-state index in [9.17, 15) is 4.79 Å². The van der Waals surface area contributed by atoms with Gasteiger partial charge in [0.15, 0.2) is 0 Å². The molecule has 1 fully saturated rings. The number of amides is 1. The van der Waals surface area contributed by atoms with Gasteiger partial charge >= 0.3 is 0 Å². The number of nitrogens with zero attached hydrogens (tertiary/aromatic N) is 1. The molecule has 3 aromatic rings. The number of aromatic nitrogens is 1. The zero-order chi connectivity index (χ0) is 21.3. The molecule has 0 saturated heterocycles. The first-order valence-electron chi connectivity index (χ1n) is 10.2. The van der Waals surface area contributed by atoms with Crippen molar-refractivity contribution in [1.82, 2.24) is 10.3 Å². The Bertz CT molecular complexity index is 1120. The van der Waals surface area contributed by atoms with E-state index in [-0.39, 0.29) is 17.5 Å². The average Bonchev–Trinajstić information content (AvgIpc) is 3.52. The number of hydrogen-bond donors (Lipinski definition) is 2. The summed E-state index contributed by atoms with van der Waals surface area (Å²) >= 11 is 0. The van der Waals surface area contributed by atoms with E-state index in [0.29, 0.717) is 17.9 Å². The molecule has 0 radical (unpaired) electrons. The fourth-order valence-electron chi connectivity index (χ4n) is 3.75. The van der Waals surface area contributed by atoms with Crippen LogP contribution in [0, 0.1) is 6.92 Å². The minimum atomic E-state index is -0.382. The molecular formula is C25H27N3O2. The first-order valence-corrected chi connectivity index (χ1v) is 10.2. The minimum Gasteiger partial charge on any atom is -0.492 e. The number of carbonyl (C=O) groups excluding carboxylic acids is 1. The summed E-state index contributed by atoms with van der Waals surface area (Å²) in [6, 6.07) is 13.6. The highest BCUT2D eigenvalue weighted by Gasteiger charge is 2.47. The van der Waals surface area contributed by atoms with Crippen molar-refractivity contribution in [2.45, 2.75) is 38.3 Å². The van der Waals surface area contributed by atoms with Crippen LogP contribution in [0.5, 0.6) is 5.75 Å². The van der Waals surface area contributed by atoms with Gasteiger partial charge in [-0.3, -0.25) is 9.78 Å². The highest BCUT2D eigenvalue weighted by Crippen LogP contribution is 2.48. The van der Waals surface area contributed by atoms with E-state index in [4.69, 9.17) is 10.5 Å². The third kappa shape index (κ3) is 3.94. The highest BCUT2D eigenvalue weighted by molar-refractivity contribution is 5.97. The summed E-state index contributed by atoms with van der Waals surface area (Å²) < 4.78 is 5.71. The van der Waals surface area contributed by atoms with E-state index in [0.717, 1.165) is 40.4 Å². The molecule has 4 rings (SSSR count). The molecule has 30 heavy (non-hydrogen) atoms. The van der Waals surface area contributed by atoms with Crippen molar-refractivity contribution in [3.8, 4) is 5.75 Å². The largest absolute Gasteiger partial charge is 0.492 e. The number of nitrogens with two attached hydrogens (primary N) is 1. The van der Waals surface area contributed by atoms with Crippen molar-refractivity contribution < 1.29 is 9.53 Å². The minimum absolute atomic E-state index is 0.0719. The second kappa shape index (κ2) is 7.92. The number of nitrogens with one attached hydrogen (secondary N) is 1. The lowest BCUT2D eigenvalue weighted by atomic mass is 9.95. The molecule has 1 aromatic heterocycles. The monoisotopic (exact) mass is 401 g/mol. The number of carbonyl (C=O) groups is 1. The van der Waals surface area contributed by atoms with Gasteiger partial charge in [-0.25, -0.2) is 0 Å². The lowest BCUT2D eigenvalue weighted by Crippen LogP contribution is -2.35. The third-order valence-electron chi connectivity index (χ3n) is 5.56. The van der Waals surface area contributed by atoms with Crippen LogP contribution >= 0.6 is 0 Å². The first-order chi connectivity index (χ1) is 14.4. The maximum atomic E-state index is 13.2. The van der Waals surface area contributed by atoms with Gasteiger partial charge in [0.1, 0.15) is 12.4 Å². The normalized spacial score (nSPS) is 15.4. The highest BCUT2D eigenvalue weighted by atomic mass is 16.5. The van der Waals surface area contributed by atoms with Gasteiger partial charge in [-0.1, -0.05) is 24.8 Å². The van der Waals surface area contributed by atoms with Crippen LogP contribution in [0.1, 0.15) is 46.8 Å². The van der Waals surface area contributed by atoms with Gasteiger partial charge in [-0.05, 0) is 73.7 Å². The molecule has 1 heterocycles. The van der Waals surface area contributed by atoms with Gasteiger partial charge in [-0.2, -0.15) is 0 Å². The van der Waals surface area contributed by atoms with E-state index in [1.165, 1.54) is 0 Å². The third-order valence-corrected chi connectivity index (χ3v) is 5.56. The van der Waals surface area contributed by atoms with Gasteiger partial charge in [0.05, 0.1) is 11.1 Å². The molecule has 1 amide bonds. The second-order valence-electron chi connectivity index (χ2n) is 8.14. The quantitative estimate of drug-likeness (QED) is 0.618. The SMILES string of the molecule is C=Cc1cc(C2(NC(=O)c3cc(OCC(C)N)ccc3C)CC2)c2cccnc2c1. The Morgan fingerprint density at radius 2 is 2.13 bits per heavy atom. The Balaban J connectivity index is 1.65. The topological polar surface area (TPSA) is 77.2 Å². The van der Waals surface area contributed by atoms with Crippen LogP contribution in [0.4, 0.5) is 0 Å². The Labute approximate surface area is 177 Å². The Morgan fingerprint density at radius 1 is 1.33 bits per heavy atom. The zero-order valence-corrected chi connectivity index (χ0v) is 17.4. The summed E-state index contributed by atoms with van der Waals surface area (Å²) in [6.45, 7) is 8.12. The standard InChI is InChI=1S/C25H27N3O2/c1-4-18-12-22(20-6-5-11-27-23(20)13-18)25(9-10-25)28-24(29)21-14-19(8-7-16(21)2)30-15-17(3)26/h4-8,11-14,17H,1,9-10,15,26H2,2-3H3,(H,28,29). The molecule has 1 saturated carbocycles. The van der Waals surface area contributed by atoms with Crippen LogP contribution < -0.4 is 15.8 Å². The van der Waals surface area contributed by atoms with Crippen LogP contribution in [0.3, 0.4) is 0 Å². The Kier molecular flexibility index (Phi) is 5.31. The van der Waals surface area contributed by atoms with E-state index >= 15 is 0 Å². The zero-order valence-electron chi connectivity index (χ0n) is 17.4. The van der Waals surface area contributed by atoms with Crippen LogP contribution in [-0.2, 0) is 5.54 Å². The van der Waals surface area contributed by atoms with Crippen molar-refractivity contribution in [1.29, 1.82) is 0 Å². The predicted octanol–water partition coefficient (Wildman–Crippen LogP) is 4.33. The van der Waals surface area contributed by atoms with Gasteiger partial charge in [-0.15, -0.1) is 0 Å². The molecule has 0 aliphatic heterocycles. The van der Waals surface area contributed by atoms with Gasteiger partial charge in [0, 0.05) is 23.2 Å². The van der Waals surface area contributed by atoms with E-state index in [1.807, 2.05) is 44.2 Å². The Hall–Kier alpha value is -3.18. The van der Waals surface area contributed by atoms with Crippen LogP contribution in [0.2, 0.25) is 0 Å². The number of pyridine rings is 1. The van der Waals surface area contributed by atoms with E-state index in [2.05, 4.69) is 29.0 Å². The molecule has 0 bridgehead atoms. The van der Waals surface area contributed by atoms with E-state index < -0.39 is 0 Å². The van der Waals surface area contributed by atoms with Crippen molar-refractivity contribution in [2.75, 3.05) is 6.61 Å². The number of ether oxygens (including phenoxy) is 1. The fourth-order valence-corrected chi connectivity index (χ4v) is 3.75. The number of hydrogen-bond acceptors (Lipinski definition) is 4. The maximum Gasteiger partial charge on any atom is 0.252 e. The van der Waals surface area contributed by atoms with Crippen LogP contribution in [0.15, 0.2) is 55.2 Å². The summed E-state index contributed by atoms with van der Waals surface area (Å²) in [5.74, 6) is 0.550. The maximum absolute atomic E-state index is 13.2. The van der Waals surface area contributed by atoms with Crippen molar-refractivity contribution in [3.05, 3.63) is 77.5 Å². The van der Waals surface area contributed by atoms with Crippen LogP contribution in [-0.4, -0.2) is 23.5 Å². The van der Waals surface area contributed by atoms with Gasteiger partial charge < -0.3 is 15.8 Å². The molecule has 1 atom stereocenters. The van der Waals surface area contributed by atoms with Crippen LogP contribution in [0.25, 0.3) is 17.0 Å². The van der Waals surface area contributed by atoms with Gasteiger partial charge in [0.2, 0.25) is 0 Å².